The van der Waals surface area contributed by atoms with Crippen LogP contribution in [0.2, 0.25) is 0 Å². The average Bonchev–Trinajstić information content (AvgIpc) is 2.72. The first kappa shape index (κ1) is 17.9. The molecule has 4 rings (SSSR count). The van der Waals surface area contributed by atoms with Crippen LogP contribution in [-0.4, -0.2) is 14.1 Å². The Morgan fingerprint density at radius 1 is 0.857 bits per heavy atom. The van der Waals surface area contributed by atoms with E-state index < -0.39 is 5.69 Å². The summed E-state index contributed by atoms with van der Waals surface area (Å²) >= 11 is 0. The van der Waals surface area contributed by atoms with Crippen molar-refractivity contribution in [1.82, 2.24) is 14.1 Å². The molecule has 0 atom stereocenters. The second kappa shape index (κ2) is 7.60. The molecular weight excluding hydrogens is 357 g/mol. The van der Waals surface area contributed by atoms with Crippen molar-refractivity contribution >= 4 is 11.0 Å². The Hall–Kier alpha value is -3.54. The number of rotatable bonds is 5. The van der Waals surface area contributed by atoms with Gasteiger partial charge in [0.05, 0.1) is 11.9 Å². The lowest BCUT2D eigenvalue weighted by molar-refractivity contribution is 0.584. The number of fused-ring (bicyclic) bond motifs is 1. The molecule has 5 nitrogen and oxygen atoms in total. The summed E-state index contributed by atoms with van der Waals surface area (Å²) in [5.74, 6) is -0.375. The third-order valence-corrected chi connectivity index (χ3v) is 4.68. The van der Waals surface area contributed by atoms with E-state index in [1.54, 1.807) is 24.3 Å². The van der Waals surface area contributed by atoms with E-state index in [9.17, 15) is 14.0 Å². The number of benzene rings is 2. The summed E-state index contributed by atoms with van der Waals surface area (Å²) < 4.78 is 16.2. The van der Waals surface area contributed by atoms with Gasteiger partial charge in [-0.3, -0.25) is 13.9 Å². The summed E-state index contributed by atoms with van der Waals surface area (Å²) in [5.41, 5.74) is 1.16. The van der Waals surface area contributed by atoms with Gasteiger partial charge in [-0.1, -0.05) is 42.5 Å². The van der Waals surface area contributed by atoms with Gasteiger partial charge in [0.2, 0.25) is 0 Å². The second-order valence-electron chi connectivity index (χ2n) is 6.57. The van der Waals surface area contributed by atoms with Gasteiger partial charge in [0.15, 0.2) is 0 Å². The minimum Gasteiger partial charge on any atom is -0.273 e. The van der Waals surface area contributed by atoms with Gasteiger partial charge in [-0.15, -0.1) is 0 Å². The standard InChI is InChI=1S/C22H18FN3O2/c23-18-9-4-8-17(14-18)15-26-20-19(10-5-12-24-20)21(27)25(22(26)28)13-11-16-6-2-1-3-7-16/h1-10,12,14H,11,13,15H2. The van der Waals surface area contributed by atoms with Crippen molar-refractivity contribution < 1.29 is 4.39 Å². The molecule has 2 aromatic carbocycles. The molecule has 0 saturated heterocycles. The molecule has 0 spiro atoms. The monoisotopic (exact) mass is 375 g/mol. The Balaban J connectivity index is 1.81. The maximum Gasteiger partial charge on any atom is 0.332 e. The van der Waals surface area contributed by atoms with Crippen molar-refractivity contribution in [3.8, 4) is 0 Å². The lowest BCUT2D eigenvalue weighted by atomic mass is 10.1. The molecular formula is C22H18FN3O2. The van der Waals surface area contributed by atoms with E-state index in [2.05, 4.69) is 4.98 Å². The third kappa shape index (κ3) is 3.49. The van der Waals surface area contributed by atoms with Crippen LogP contribution in [0.1, 0.15) is 11.1 Å². The fraction of sp³-hybridized carbons (Fsp3) is 0.136. The fourth-order valence-electron chi connectivity index (χ4n) is 3.29. The van der Waals surface area contributed by atoms with Crippen LogP contribution in [-0.2, 0) is 19.5 Å². The number of halogens is 1. The van der Waals surface area contributed by atoms with Crippen molar-refractivity contribution in [1.29, 1.82) is 0 Å². The molecule has 6 heteroatoms. The third-order valence-electron chi connectivity index (χ3n) is 4.68. The number of hydrogen-bond donors (Lipinski definition) is 0. The quantitative estimate of drug-likeness (QED) is 0.539. The smallest absolute Gasteiger partial charge is 0.273 e. The van der Waals surface area contributed by atoms with Gasteiger partial charge in [-0.25, -0.2) is 14.2 Å². The second-order valence-corrected chi connectivity index (χ2v) is 6.57. The summed E-state index contributed by atoms with van der Waals surface area (Å²) in [6, 6.07) is 19.1. The largest absolute Gasteiger partial charge is 0.332 e. The van der Waals surface area contributed by atoms with E-state index >= 15 is 0 Å². The number of aromatic nitrogens is 3. The van der Waals surface area contributed by atoms with Gasteiger partial charge in [0.1, 0.15) is 11.5 Å². The molecule has 0 amide bonds. The van der Waals surface area contributed by atoms with Crippen LogP contribution >= 0.6 is 0 Å². The van der Waals surface area contributed by atoms with Crippen molar-refractivity contribution in [3.05, 3.63) is 111 Å². The van der Waals surface area contributed by atoms with E-state index in [4.69, 9.17) is 0 Å². The summed E-state index contributed by atoms with van der Waals surface area (Å²) in [5, 5.41) is 0.367. The van der Waals surface area contributed by atoms with Crippen molar-refractivity contribution in [2.45, 2.75) is 19.5 Å². The maximum atomic E-state index is 13.6. The van der Waals surface area contributed by atoms with Crippen LogP contribution in [0.15, 0.2) is 82.5 Å². The van der Waals surface area contributed by atoms with Crippen LogP contribution in [0.25, 0.3) is 11.0 Å². The summed E-state index contributed by atoms with van der Waals surface area (Å²) in [4.78, 5) is 30.2. The molecule has 2 heterocycles. The first-order valence-corrected chi connectivity index (χ1v) is 9.00. The van der Waals surface area contributed by atoms with Crippen LogP contribution in [0, 0.1) is 5.82 Å². The average molecular weight is 375 g/mol. The van der Waals surface area contributed by atoms with Gasteiger partial charge in [0, 0.05) is 12.7 Å². The van der Waals surface area contributed by atoms with Crippen LogP contribution in [0.3, 0.4) is 0 Å². The summed E-state index contributed by atoms with van der Waals surface area (Å²) in [7, 11) is 0. The van der Waals surface area contributed by atoms with E-state index in [0.29, 0.717) is 23.0 Å². The highest BCUT2D eigenvalue weighted by molar-refractivity contribution is 5.73. The zero-order valence-electron chi connectivity index (χ0n) is 15.1. The van der Waals surface area contributed by atoms with Crippen molar-refractivity contribution in [2.75, 3.05) is 0 Å². The number of nitrogens with zero attached hydrogens (tertiary/aromatic N) is 3. The maximum absolute atomic E-state index is 13.6. The van der Waals surface area contributed by atoms with E-state index in [-0.39, 0.29) is 24.5 Å². The van der Waals surface area contributed by atoms with Crippen LogP contribution < -0.4 is 11.2 Å². The molecule has 0 unspecified atom stereocenters. The van der Waals surface area contributed by atoms with Gasteiger partial charge >= 0.3 is 5.69 Å². The van der Waals surface area contributed by atoms with E-state index in [0.717, 1.165) is 5.56 Å². The lowest BCUT2D eigenvalue weighted by Crippen LogP contribution is -2.41. The minimum absolute atomic E-state index is 0.135. The highest BCUT2D eigenvalue weighted by Crippen LogP contribution is 2.10. The molecule has 0 aliphatic rings. The van der Waals surface area contributed by atoms with Gasteiger partial charge in [-0.05, 0) is 41.8 Å². The minimum atomic E-state index is -0.448. The zero-order chi connectivity index (χ0) is 19.5. The zero-order valence-corrected chi connectivity index (χ0v) is 15.1. The molecule has 4 aromatic rings. The Morgan fingerprint density at radius 2 is 1.64 bits per heavy atom. The molecule has 0 N–H and O–H groups in total. The molecule has 0 saturated carbocycles. The van der Waals surface area contributed by atoms with Crippen molar-refractivity contribution in [2.24, 2.45) is 0 Å². The summed E-state index contributed by atoms with van der Waals surface area (Å²) in [6.07, 6.45) is 2.10. The lowest BCUT2D eigenvalue weighted by Gasteiger charge is -2.13. The van der Waals surface area contributed by atoms with E-state index in [1.807, 2.05) is 30.3 Å². The Morgan fingerprint density at radius 3 is 2.43 bits per heavy atom. The molecule has 0 fully saturated rings. The molecule has 0 radical (unpaired) electrons. The fourth-order valence-corrected chi connectivity index (χ4v) is 3.29. The Labute approximate surface area is 160 Å². The highest BCUT2D eigenvalue weighted by atomic mass is 19.1. The van der Waals surface area contributed by atoms with Crippen molar-refractivity contribution in [3.63, 3.8) is 0 Å². The predicted molar refractivity (Wildman–Crippen MR) is 106 cm³/mol. The molecule has 2 aromatic heterocycles. The molecule has 0 aliphatic carbocycles. The van der Waals surface area contributed by atoms with Gasteiger partial charge in [-0.2, -0.15) is 0 Å². The summed E-state index contributed by atoms with van der Waals surface area (Å²) in [6.45, 7) is 0.394. The number of hydrogen-bond acceptors (Lipinski definition) is 3. The molecule has 0 aliphatic heterocycles. The first-order valence-electron chi connectivity index (χ1n) is 9.00. The Kier molecular flexibility index (Phi) is 4.85. The van der Waals surface area contributed by atoms with E-state index in [1.165, 1.54) is 27.5 Å². The normalized spacial score (nSPS) is 11.0. The molecule has 0 bridgehead atoms. The molecule has 140 valence electrons. The van der Waals surface area contributed by atoms with Crippen LogP contribution in [0.4, 0.5) is 4.39 Å². The first-order chi connectivity index (χ1) is 13.6. The van der Waals surface area contributed by atoms with Gasteiger partial charge in [0.25, 0.3) is 5.56 Å². The van der Waals surface area contributed by atoms with Gasteiger partial charge < -0.3 is 0 Å². The predicted octanol–water partition coefficient (Wildman–Crippen LogP) is 2.99. The molecule has 28 heavy (non-hydrogen) atoms. The number of pyridine rings is 1. The topological polar surface area (TPSA) is 56.9 Å². The Bertz CT molecular complexity index is 1250. The SMILES string of the molecule is O=c1c2cccnc2n(Cc2cccc(F)c2)c(=O)n1CCc1ccccc1. The highest BCUT2D eigenvalue weighted by Gasteiger charge is 2.14. The van der Waals surface area contributed by atoms with Crippen LogP contribution in [0.5, 0.6) is 0 Å². The number of aryl methyl sites for hydroxylation is 1.